The number of amides is 3. The third kappa shape index (κ3) is 8.25. The van der Waals surface area contributed by atoms with Crippen molar-refractivity contribution in [2.75, 3.05) is 33.5 Å². The lowest BCUT2D eigenvalue weighted by Crippen LogP contribution is -2.42. The van der Waals surface area contributed by atoms with Gasteiger partial charge in [-0.25, -0.2) is 9.59 Å². The van der Waals surface area contributed by atoms with Crippen LogP contribution in [-0.2, 0) is 19.1 Å². The lowest BCUT2D eigenvalue weighted by Gasteiger charge is -2.08. The summed E-state index contributed by atoms with van der Waals surface area (Å²) in [5.74, 6) is -1.14. The largest absolute Gasteiger partial charge is 0.482 e. The van der Waals surface area contributed by atoms with Crippen LogP contribution in [0.3, 0.4) is 0 Å². The van der Waals surface area contributed by atoms with Crippen molar-refractivity contribution in [3.8, 4) is 5.75 Å². The van der Waals surface area contributed by atoms with E-state index in [0.29, 0.717) is 24.3 Å². The molecule has 1 aromatic carbocycles. The molecule has 0 aromatic heterocycles. The van der Waals surface area contributed by atoms with Gasteiger partial charge in [-0.15, -0.1) is 0 Å². The maximum atomic E-state index is 11.5. The molecule has 0 radical (unpaired) electrons. The van der Waals surface area contributed by atoms with Crippen LogP contribution in [0.15, 0.2) is 24.3 Å². The first kappa shape index (κ1) is 21.1. The average Bonchev–Trinajstić information content (AvgIpc) is 2.64. The molecule has 0 saturated carbocycles. The first-order chi connectivity index (χ1) is 12.5. The molecule has 26 heavy (non-hydrogen) atoms. The van der Waals surface area contributed by atoms with Crippen molar-refractivity contribution in [1.29, 1.82) is 0 Å². The predicted molar refractivity (Wildman–Crippen MR) is 90.9 cm³/mol. The normalized spacial score (nSPS) is 9.92. The lowest BCUT2D eigenvalue weighted by molar-refractivity contribution is -0.150. The van der Waals surface area contributed by atoms with Gasteiger partial charge in [-0.3, -0.25) is 14.9 Å². The van der Waals surface area contributed by atoms with Crippen molar-refractivity contribution in [2.24, 2.45) is 0 Å². The van der Waals surface area contributed by atoms with E-state index in [1.807, 2.05) is 5.32 Å². The zero-order valence-electron chi connectivity index (χ0n) is 14.7. The molecule has 0 aliphatic carbocycles. The Morgan fingerprint density at radius 3 is 2.35 bits per heavy atom. The monoisotopic (exact) mass is 366 g/mol. The van der Waals surface area contributed by atoms with Crippen LogP contribution in [0.1, 0.15) is 23.7 Å². The minimum Gasteiger partial charge on any atom is -0.482 e. The van der Waals surface area contributed by atoms with Gasteiger partial charge >= 0.3 is 12.0 Å². The van der Waals surface area contributed by atoms with Gasteiger partial charge in [0.1, 0.15) is 5.75 Å². The lowest BCUT2D eigenvalue weighted by atomic mass is 10.1. The Balaban J connectivity index is 2.26. The number of ether oxygens (including phenoxy) is 3. The highest BCUT2D eigenvalue weighted by Crippen LogP contribution is 2.13. The third-order valence-corrected chi connectivity index (χ3v) is 3.06. The topological polar surface area (TPSA) is 120 Å². The van der Waals surface area contributed by atoms with Gasteiger partial charge in [0, 0.05) is 25.6 Å². The summed E-state index contributed by atoms with van der Waals surface area (Å²) < 4.78 is 14.6. The highest BCUT2D eigenvalue weighted by molar-refractivity contribution is 5.96. The standard InChI is InChI=1S/C17H22N2O7/c1-3-14(20)12-4-6-13(7-5-12)25-11-16(22)26-10-15(21)19-17(23)18-8-9-24-2/h4-7H,3,8-11H2,1-2H3,(H2,18,19,21,23). The minimum absolute atomic E-state index is 0.00762. The first-order valence-corrected chi connectivity index (χ1v) is 7.94. The van der Waals surface area contributed by atoms with E-state index in [1.165, 1.54) is 7.11 Å². The van der Waals surface area contributed by atoms with E-state index < -0.39 is 31.1 Å². The molecule has 2 N–H and O–H groups in total. The molecule has 1 aromatic rings. The van der Waals surface area contributed by atoms with E-state index in [4.69, 9.17) is 14.2 Å². The van der Waals surface area contributed by atoms with Gasteiger partial charge in [-0.2, -0.15) is 0 Å². The minimum atomic E-state index is -0.770. The van der Waals surface area contributed by atoms with Crippen LogP contribution in [0, 0.1) is 0 Å². The number of carbonyl (C=O) groups excluding carboxylic acids is 4. The fourth-order valence-electron chi connectivity index (χ4n) is 1.74. The van der Waals surface area contributed by atoms with Gasteiger partial charge in [-0.05, 0) is 24.3 Å². The molecule has 1 rings (SSSR count). The Morgan fingerprint density at radius 2 is 1.73 bits per heavy atom. The molecule has 0 spiro atoms. The number of methoxy groups -OCH3 is 1. The Kier molecular flexibility index (Phi) is 9.40. The number of benzene rings is 1. The van der Waals surface area contributed by atoms with E-state index in [9.17, 15) is 19.2 Å². The van der Waals surface area contributed by atoms with Crippen molar-refractivity contribution >= 4 is 23.7 Å². The molecular formula is C17H22N2O7. The van der Waals surface area contributed by atoms with Gasteiger partial charge in [-0.1, -0.05) is 6.92 Å². The van der Waals surface area contributed by atoms with E-state index >= 15 is 0 Å². The van der Waals surface area contributed by atoms with Crippen LogP contribution in [0.4, 0.5) is 4.79 Å². The second-order valence-electron chi connectivity index (χ2n) is 5.05. The summed E-state index contributed by atoms with van der Waals surface area (Å²) in [6.45, 7) is 1.30. The molecule has 0 heterocycles. The van der Waals surface area contributed by atoms with Crippen molar-refractivity contribution < 1.29 is 33.4 Å². The molecule has 142 valence electrons. The van der Waals surface area contributed by atoms with Gasteiger partial charge in [0.05, 0.1) is 6.61 Å². The molecule has 0 unspecified atom stereocenters. The van der Waals surface area contributed by atoms with Crippen LogP contribution in [0.5, 0.6) is 5.75 Å². The quantitative estimate of drug-likeness (QED) is 0.355. The summed E-state index contributed by atoms with van der Waals surface area (Å²) in [5.41, 5.74) is 0.558. The van der Waals surface area contributed by atoms with Crippen molar-refractivity contribution in [2.45, 2.75) is 13.3 Å². The van der Waals surface area contributed by atoms with Crippen LogP contribution < -0.4 is 15.4 Å². The highest BCUT2D eigenvalue weighted by atomic mass is 16.6. The van der Waals surface area contributed by atoms with E-state index in [0.717, 1.165) is 0 Å². The van der Waals surface area contributed by atoms with Crippen LogP contribution >= 0.6 is 0 Å². The average molecular weight is 366 g/mol. The third-order valence-electron chi connectivity index (χ3n) is 3.06. The number of hydrogen-bond acceptors (Lipinski definition) is 7. The number of rotatable bonds is 10. The summed E-state index contributed by atoms with van der Waals surface area (Å²) in [4.78, 5) is 45.8. The molecule has 9 heteroatoms. The number of urea groups is 1. The number of imide groups is 1. The van der Waals surface area contributed by atoms with Crippen LogP contribution in [0.2, 0.25) is 0 Å². The second kappa shape index (κ2) is 11.6. The smallest absolute Gasteiger partial charge is 0.344 e. The van der Waals surface area contributed by atoms with Gasteiger partial charge in [0.2, 0.25) is 0 Å². The fraction of sp³-hybridized carbons (Fsp3) is 0.412. The Morgan fingerprint density at radius 1 is 1.04 bits per heavy atom. The molecule has 0 aliphatic heterocycles. The summed E-state index contributed by atoms with van der Waals surface area (Å²) in [7, 11) is 1.48. The maximum Gasteiger partial charge on any atom is 0.344 e. The zero-order chi connectivity index (χ0) is 19.4. The molecule has 0 saturated heterocycles. The van der Waals surface area contributed by atoms with Crippen LogP contribution in [-0.4, -0.2) is 57.2 Å². The number of ketones is 1. The maximum absolute atomic E-state index is 11.5. The summed E-state index contributed by atoms with van der Waals surface area (Å²) in [5, 5.41) is 4.38. The SMILES string of the molecule is CCC(=O)c1ccc(OCC(=O)OCC(=O)NC(=O)NCCOC)cc1. The van der Waals surface area contributed by atoms with E-state index in [1.54, 1.807) is 31.2 Å². The summed E-state index contributed by atoms with van der Waals surface area (Å²) in [6.07, 6.45) is 0.402. The first-order valence-electron chi connectivity index (χ1n) is 7.94. The van der Waals surface area contributed by atoms with Gasteiger partial charge in [0.25, 0.3) is 5.91 Å². The van der Waals surface area contributed by atoms with E-state index in [2.05, 4.69) is 5.32 Å². The van der Waals surface area contributed by atoms with Crippen molar-refractivity contribution in [3.63, 3.8) is 0 Å². The second-order valence-corrected chi connectivity index (χ2v) is 5.05. The molecule has 0 bridgehead atoms. The Labute approximate surface area is 151 Å². The number of carbonyl (C=O) groups is 4. The van der Waals surface area contributed by atoms with Gasteiger partial charge in [0.15, 0.2) is 19.0 Å². The summed E-state index contributed by atoms with van der Waals surface area (Å²) >= 11 is 0. The number of hydrogen-bond donors (Lipinski definition) is 2. The molecule has 0 aliphatic rings. The molecule has 9 nitrogen and oxygen atoms in total. The molecular weight excluding hydrogens is 344 g/mol. The zero-order valence-corrected chi connectivity index (χ0v) is 14.7. The molecule has 0 fully saturated rings. The number of Topliss-reactive ketones (excluding diaryl/α,β-unsaturated/α-hetero) is 1. The Hall–Kier alpha value is -2.94. The number of esters is 1. The number of nitrogens with one attached hydrogen (secondary N) is 2. The fourth-order valence-corrected chi connectivity index (χ4v) is 1.74. The van der Waals surface area contributed by atoms with Crippen LogP contribution in [0.25, 0.3) is 0 Å². The van der Waals surface area contributed by atoms with Crippen molar-refractivity contribution in [1.82, 2.24) is 10.6 Å². The molecule has 0 atom stereocenters. The van der Waals surface area contributed by atoms with Crippen molar-refractivity contribution in [3.05, 3.63) is 29.8 Å². The molecule has 3 amide bonds. The van der Waals surface area contributed by atoms with E-state index in [-0.39, 0.29) is 12.3 Å². The predicted octanol–water partition coefficient (Wildman–Crippen LogP) is 0.673. The van der Waals surface area contributed by atoms with Gasteiger partial charge < -0.3 is 19.5 Å². The summed E-state index contributed by atoms with van der Waals surface area (Å²) in [6, 6.07) is 5.62. The highest BCUT2D eigenvalue weighted by Gasteiger charge is 2.11. The Bertz CT molecular complexity index is 629.